The van der Waals surface area contributed by atoms with Gasteiger partial charge in [0, 0.05) is 46.5 Å². The van der Waals surface area contributed by atoms with E-state index in [0.29, 0.717) is 0 Å². The van der Waals surface area contributed by atoms with E-state index in [1.165, 1.54) is 39.0 Å². The monoisotopic (exact) mass is 653 g/mol. The van der Waals surface area contributed by atoms with Crippen LogP contribution in [0.5, 0.6) is 0 Å². The molecule has 0 radical (unpaired) electrons. The molecule has 0 spiro atoms. The SMILES string of the molecule is C1=C(c2cccnc2)C(c2ccc3ccc4c(c3n2)N=C(c2ccccc2)CC4)=CC2c3ccccc3C(c3ccccc3)(c3ccccc3)C12. The third kappa shape index (κ3) is 4.69. The van der Waals surface area contributed by atoms with Crippen LogP contribution in [0.15, 0.2) is 181 Å². The highest BCUT2D eigenvalue weighted by Crippen LogP contribution is 2.61. The highest BCUT2D eigenvalue weighted by Gasteiger charge is 2.54. The van der Waals surface area contributed by atoms with Crippen molar-refractivity contribution in [2.45, 2.75) is 24.2 Å². The number of hydrogen-bond acceptors (Lipinski definition) is 3. The highest BCUT2D eigenvalue weighted by molar-refractivity contribution is 6.08. The number of fused-ring (bicyclic) bond motifs is 6. The fourth-order valence-corrected chi connectivity index (χ4v) is 8.99. The lowest BCUT2D eigenvalue weighted by Crippen LogP contribution is -2.35. The molecule has 3 heterocycles. The van der Waals surface area contributed by atoms with Gasteiger partial charge in [-0.25, -0.2) is 4.98 Å². The first-order valence-corrected chi connectivity index (χ1v) is 17.9. The van der Waals surface area contributed by atoms with Gasteiger partial charge < -0.3 is 0 Å². The zero-order chi connectivity index (χ0) is 33.8. The molecular formula is C48H35N3. The number of benzene rings is 5. The van der Waals surface area contributed by atoms with Crippen LogP contribution >= 0.6 is 0 Å². The second kappa shape index (κ2) is 12.0. The molecule has 5 aromatic carbocycles. The Kier molecular flexibility index (Phi) is 6.99. The minimum absolute atomic E-state index is 0.130. The van der Waals surface area contributed by atoms with Gasteiger partial charge in [-0.1, -0.05) is 152 Å². The van der Waals surface area contributed by atoms with E-state index in [1.54, 1.807) is 0 Å². The molecule has 0 fully saturated rings. The molecule has 0 N–H and O–H groups in total. The van der Waals surface area contributed by atoms with Gasteiger partial charge in [0.2, 0.25) is 0 Å². The average molecular weight is 654 g/mol. The third-order valence-electron chi connectivity index (χ3n) is 11.2. The Labute approximate surface area is 298 Å². The van der Waals surface area contributed by atoms with Gasteiger partial charge in [0.25, 0.3) is 0 Å². The topological polar surface area (TPSA) is 38.1 Å². The normalized spacial score (nSPS) is 18.5. The van der Waals surface area contributed by atoms with Crippen molar-refractivity contribution in [2.24, 2.45) is 10.9 Å². The van der Waals surface area contributed by atoms with Crippen molar-refractivity contribution in [1.82, 2.24) is 9.97 Å². The standard InChI is InChI=1S/C48H35N3/c1-4-13-32(14-5-1)44-26-24-33-22-23-34-25-27-45(51-47(34)46(33)50-44)41-29-40-38-20-10-11-21-42(38)48(36-16-6-2-7-17-36,37-18-8-3-9-19-37)43(40)30-39(41)35-15-12-28-49-31-35/h1-23,25,27-31,40,43H,24,26H2. The maximum Gasteiger partial charge on any atom is 0.0968 e. The number of aliphatic imine (C=N–C) groups is 1. The Bertz CT molecular complexity index is 2480. The van der Waals surface area contributed by atoms with Crippen LogP contribution in [-0.4, -0.2) is 15.7 Å². The fraction of sp³-hybridized carbons (Fsp3) is 0.104. The quantitative estimate of drug-likeness (QED) is 0.185. The van der Waals surface area contributed by atoms with E-state index in [0.717, 1.165) is 52.0 Å². The van der Waals surface area contributed by atoms with Crippen LogP contribution in [-0.2, 0) is 11.8 Å². The summed E-state index contributed by atoms with van der Waals surface area (Å²) in [6.07, 6.45) is 10.8. The summed E-state index contributed by atoms with van der Waals surface area (Å²) in [5.41, 5.74) is 14.8. The molecular weight excluding hydrogens is 619 g/mol. The van der Waals surface area contributed by atoms with Crippen molar-refractivity contribution in [2.75, 3.05) is 0 Å². The lowest BCUT2D eigenvalue weighted by atomic mass is 9.62. The molecule has 2 atom stereocenters. The summed E-state index contributed by atoms with van der Waals surface area (Å²) in [6.45, 7) is 0. The smallest absolute Gasteiger partial charge is 0.0968 e. The molecule has 0 amide bonds. The van der Waals surface area contributed by atoms with Crippen molar-refractivity contribution in [1.29, 1.82) is 0 Å². The van der Waals surface area contributed by atoms with Crippen molar-refractivity contribution < 1.29 is 0 Å². The van der Waals surface area contributed by atoms with E-state index in [-0.39, 0.29) is 17.3 Å². The van der Waals surface area contributed by atoms with Gasteiger partial charge in [-0.15, -0.1) is 0 Å². The first-order chi connectivity index (χ1) is 25.3. The number of allylic oxidation sites excluding steroid dienone is 4. The molecule has 51 heavy (non-hydrogen) atoms. The number of aromatic nitrogens is 2. The van der Waals surface area contributed by atoms with Gasteiger partial charge in [0.05, 0.1) is 22.3 Å². The molecule has 0 bridgehead atoms. The van der Waals surface area contributed by atoms with Gasteiger partial charge in [0.15, 0.2) is 0 Å². The Hall–Kier alpha value is -6.19. The van der Waals surface area contributed by atoms with Gasteiger partial charge in [-0.3, -0.25) is 9.98 Å². The van der Waals surface area contributed by atoms with Crippen molar-refractivity contribution in [3.8, 4) is 0 Å². The van der Waals surface area contributed by atoms with E-state index < -0.39 is 0 Å². The maximum atomic E-state index is 5.50. The number of pyridine rings is 2. The number of hydrogen-bond donors (Lipinski definition) is 0. The van der Waals surface area contributed by atoms with Gasteiger partial charge in [-0.2, -0.15) is 0 Å². The molecule has 2 aliphatic carbocycles. The minimum Gasteiger partial charge on any atom is -0.264 e. The molecule has 3 nitrogen and oxygen atoms in total. The summed E-state index contributed by atoms with van der Waals surface area (Å²) in [5, 5.41) is 1.11. The molecule has 0 saturated carbocycles. The first kappa shape index (κ1) is 29.7. The molecule has 7 aromatic rings. The summed E-state index contributed by atoms with van der Waals surface area (Å²) in [4.78, 5) is 15.4. The van der Waals surface area contributed by atoms with E-state index in [4.69, 9.17) is 9.98 Å². The maximum absolute atomic E-state index is 5.50. The predicted molar refractivity (Wildman–Crippen MR) is 208 cm³/mol. The van der Waals surface area contributed by atoms with Crippen LogP contribution in [0, 0.1) is 5.92 Å². The zero-order valence-electron chi connectivity index (χ0n) is 28.2. The Balaban J connectivity index is 1.21. The lowest BCUT2D eigenvalue weighted by molar-refractivity contribution is 0.459. The van der Waals surface area contributed by atoms with E-state index in [1.807, 2.05) is 18.5 Å². The van der Waals surface area contributed by atoms with E-state index in [2.05, 4.69) is 163 Å². The summed E-state index contributed by atoms with van der Waals surface area (Å²) >= 11 is 0. The van der Waals surface area contributed by atoms with Crippen molar-refractivity contribution >= 4 is 33.4 Å². The summed E-state index contributed by atoms with van der Waals surface area (Å²) in [6, 6.07) is 54.9. The second-order valence-electron chi connectivity index (χ2n) is 13.8. The predicted octanol–water partition coefficient (Wildman–Crippen LogP) is 10.9. The van der Waals surface area contributed by atoms with Crippen LogP contribution in [0.3, 0.4) is 0 Å². The summed E-state index contributed by atoms with van der Waals surface area (Å²) in [5.74, 6) is 0.270. The van der Waals surface area contributed by atoms with Crippen molar-refractivity contribution in [3.63, 3.8) is 0 Å². The molecule has 3 aliphatic rings. The number of aryl methyl sites for hydroxylation is 1. The third-order valence-corrected chi connectivity index (χ3v) is 11.2. The largest absolute Gasteiger partial charge is 0.264 e. The van der Waals surface area contributed by atoms with Crippen LogP contribution in [0.25, 0.3) is 22.0 Å². The number of rotatable bonds is 5. The Morgan fingerprint density at radius 2 is 1.25 bits per heavy atom. The zero-order valence-corrected chi connectivity index (χ0v) is 28.2. The first-order valence-electron chi connectivity index (χ1n) is 17.9. The number of nitrogens with zero attached hydrogens (tertiary/aromatic N) is 3. The molecule has 0 saturated heterocycles. The van der Waals surface area contributed by atoms with Gasteiger partial charge >= 0.3 is 0 Å². The van der Waals surface area contributed by atoms with Gasteiger partial charge in [-0.05, 0) is 63.9 Å². The van der Waals surface area contributed by atoms with Crippen LogP contribution in [0.2, 0.25) is 0 Å². The molecule has 242 valence electrons. The minimum atomic E-state index is -0.377. The van der Waals surface area contributed by atoms with Crippen LogP contribution < -0.4 is 0 Å². The Morgan fingerprint density at radius 3 is 2.00 bits per heavy atom. The summed E-state index contributed by atoms with van der Waals surface area (Å²) < 4.78 is 0. The van der Waals surface area contributed by atoms with Crippen LogP contribution in [0.4, 0.5) is 5.69 Å². The van der Waals surface area contributed by atoms with Crippen LogP contribution in [0.1, 0.15) is 57.0 Å². The lowest BCUT2D eigenvalue weighted by Gasteiger charge is -2.40. The fourth-order valence-electron chi connectivity index (χ4n) is 8.99. The molecule has 2 aromatic heterocycles. The van der Waals surface area contributed by atoms with E-state index in [9.17, 15) is 0 Å². The molecule has 3 heteroatoms. The second-order valence-corrected chi connectivity index (χ2v) is 13.8. The average Bonchev–Trinajstić information content (AvgIpc) is 3.51. The molecule has 1 aliphatic heterocycles. The van der Waals surface area contributed by atoms with Crippen molar-refractivity contribution in [3.05, 3.63) is 221 Å². The van der Waals surface area contributed by atoms with E-state index >= 15 is 0 Å². The molecule has 2 unspecified atom stereocenters. The van der Waals surface area contributed by atoms with Gasteiger partial charge in [0.1, 0.15) is 0 Å². The summed E-state index contributed by atoms with van der Waals surface area (Å²) in [7, 11) is 0. The molecule has 10 rings (SSSR count). The highest BCUT2D eigenvalue weighted by atomic mass is 14.8. The Morgan fingerprint density at radius 1 is 0.569 bits per heavy atom.